The van der Waals surface area contributed by atoms with Gasteiger partial charge in [0.1, 0.15) is 6.33 Å². The van der Waals surface area contributed by atoms with Gasteiger partial charge in [-0.05, 0) is 18.9 Å². The minimum absolute atomic E-state index is 0.0848. The molecule has 3 N–H and O–H groups in total. The second kappa shape index (κ2) is 3.75. The van der Waals surface area contributed by atoms with E-state index in [-0.39, 0.29) is 5.91 Å². The molecule has 2 rings (SSSR count). The van der Waals surface area contributed by atoms with Crippen LogP contribution >= 0.6 is 0 Å². The Morgan fingerprint density at radius 3 is 3.21 bits per heavy atom. The van der Waals surface area contributed by atoms with Crippen LogP contribution in [0.15, 0.2) is 6.33 Å². The number of nitrogens with one attached hydrogen (secondary N) is 1. The quantitative estimate of drug-likeness (QED) is 0.648. The first-order valence-electron chi connectivity index (χ1n) is 4.66. The summed E-state index contributed by atoms with van der Waals surface area (Å²) in [7, 11) is 0. The van der Waals surface area contributed by atoms with E-state index in [1.54, 1.807) is 4.90 Å². The molecule has 6 nitrogen and oxygen atoms in total. The summed E-state index contributed by atoms with van der Waals surface area (Å²) < 4.78 is 0. The largest absolute Gasteiger partial charge is 0.336 e. The highest BCUT2D eigenvalue weighted by molar-refractivity contribution is 5.90. The number of amides is 1. The zero-order chi connectivity index (χ0) is 9.97. The fraction of sp³-hybridized carbons (Fsp3) is 0.625. The molecule has 1 fully saturated rings. The van der Waals surface area contributed by atoms with Gasteiger partial charge >= 0.3 is 0 Å². The van der Waals surface area contributed by atoms with E-state index in [1.165, 1.54) is 6.33 Å². The summed E-state index contributed by atoms with van der Waals surface area (Å²) in [5.41, 5.74) is 5.54. The molecule has 14 heavy (non-hydrogen) atoms. The topological polar surface area (TPSA) is 87.9 Å². The summed E-state index contributed by atoms with van der Waals surface area (Å²) >= 11 is 0. The van der Waals surface area contributed by atoms with Crippen molar-refractivity contribution in [3.63, 3.8) is 0 Å². The standard InChI is InChI=1S/C8H13N5O/c9-3-6-1-2-13(4-6)8(14)7-10-5-11-12-7/h5-6H,1-4,9H2,(H,10,11,12). The molecule has 1 aromatic rings. The first-order chi connectivity index (χ1) is 6.81. The molecule has 1 atom stereocenters. The van der Waals surface area contributed by atoms with E-state index in [0.717, 1.165) is 19.5 Å². The molecule has 0 aliphatic carbocycles. The molecule has 0 spiro atoms. The number of carbonyl (C=O) groups is 1. The normalized spacial score (nSPS) is 21.5. The fourth-order valence-corrected chi connectivity index (χ4v) is 1.67. The van der Waals surface area contributed by atoms with Gasteiger partial charge in [0.05, 0.1) is 0 Å². The maximum atomic E-state index is 11.7. The van der Waals surface area contributed by atoms with Gasteiger partial charge < -0.3 is 10.6 Å². The molecule has 1 saturated heterocycles. The minimum Gasteiger partial charge on any atom is -0.336 e. The van der Waals surface area contributed by atoms with Crippen molar-refractivity contribution in [2.45, 2.75) is 6.42 Å². The zero-order valence-corrected chi connectivity index (χ0v) is 7.81. The Morgan fingerprint density at radius 2 is 2.64 bits per heavy atom. The van der Waals surface area contributed by atoms with Crippen LogP contribution in [0, 0.1) is 5.92 Å². The number of nitrogens with zero attached hydrogens (tertiary/aromatic N) is 3. The summed E-state index contributed by atoms with van der Waals surface area (Å²) in [4.78, 5) is 17.3. The van der Waals surface area contributed by atoms with E-state index in [4.69, 9.17) is 5.73 Å². The third-order valence-corrected chi connectivity index (χ3v) is 2.52. The van der Waals surface area contributed by atoms with Crippen LogP contribution < -0.4 is 5.73 Å². The predicted molar refractivity (Wildman–Crippen MR) is 49.4 cm³/mol. The lowest BCUT2D eigenvalue weighted by Crippen LogP contribution is -2.30. The van der Waals surface area contributed by atoms with Crippen LogP contribution in [-0.4, -0.2) is 45.6 Å². The van der Waals surface area contributed by atoms with E-state index >= 15 is 0 Å². The van der Waals surface area contributed by atoms with Crippen molar-refractivity contribution in [1.29, 1.82) is 0 Å². The number of likely N-dealkylation sites (tertiary alicyclic amines) is 1. The van der Waals surface area contributed by atoms with Crippen LogP contribution in [0.25, 0.3) is 0 Å². The first-order valence-corrected chi connectivity index (χ1v) is 4.66. The van der Waals surface area contributed by atoms with E-state index in [2.05, 4.69) is 15.2 Å². The van der Waals surface area contributed by atoms with Crippen molar-refractivity contribution in [2.75, 3.05) is 19.6 Å². The van der Waals surface area contributed by atoms with Crippen LogP contribution in [0.2, 0.25) is 0 Å². The lowest BCUT2D eigenvalue weighted by molar-refractivity contribution is 0.0776. The predicted octanol–water partition coefficient (Wildman–Crippen LogP) is -0.774. The number of carbonyl (C=O) groups excluding carboxylic acids is 1. The monoisotopic (exact) mass is 195 g/mol. The van der Waals surface area contributed by atoms with Crippen LogP contribution in [0.5, 0.6) is 0 Å². The van der Waals surface area contributed by atoms with Crippen LogP contribution in [0.1, 0.15) is 17.0 Å². The Bertz CT molecular complexity index is 310. The van der Waals surface area contributed by atoms with E-state index in [0.29, 0.717) is 18.3 Å². The molecule has 0 radical (unpaired) electrons. The molecule has 1 amide bonds. The highest BCUT2D eigenvalue weighted by atomic mass is 16.2. The van der Waals surface area contributed by atoms with Gasteiger partial charge in [-0.1, -0.05) is 0 Å². The molecule has 1 aromatic heterocycles. The Kier molecular flexibility index (Phi) is 2.45. The number of hydrogen-bond acceptors (Lipinski definition) is 4. The highest BCUT2D eigenvalue weighted by Crippen LogP contribution is 2.15. The van der Waals surface area contributed by atoms with Crippen molar-refractivity contribution in [3.05, 3.63) is 12.2 Å². The van der Waals surface area contributed by atoms with Crippen molar-refractivity contribution < 1.29 is 4.79 Å². The van der Waals surface area contributed by atoms with Gasteiger partial charge in [0.15, 0.2) is 0 Å². The summed E-state index contributed by atoms with van der Waals surface area (Å²) in [5.74, 6) is 0.656. The van der Waals surface area contributed by atoms with Gasteiger partial charge in [-0.25, -0.2) is 4.98 Å². The molecule has 0 bridgehead atoms. The molecule has 0 aromatic carbocycles. The maximum Gasteiger partial charge on any atom is 0.291 e. The second-order valence-corrected chi connectivity index (χ2v) is 3.48. The van der Waals surface area contributed by atoms with Gasteiger partial charge in [0.25, 0.3) is 5.91 Å². The van der Waals surface area contributed by atoms with Gasteiger partial charge in [-0.3, -0.25) is 9.89 Å². The smallest absolute Gasteiger partial charge is 0.291 e. The number of nitrogens with two attached hydrogens (primary N) is 1. The number of aromatic amines is 1. The number of rotatable bonds is 2. The number of hydrogen-bond donors (Lipinski definition) is 2. The Morgan fingerprint density at radius 1 is 1.79 bits per heavy atom. The van der Waals surface area contributed by atoms with Crippen molar-refractivity contribution in [1.82, 2.24) is 20.1 Å². The molecule has 0 saturated carbocycles. The van der Waals surface area contributed by atoms with E-state index in [1.807, 2.05) is 0 Å². The van der Waals surface area contributed by atoms with Crippen molar-refractivity contribution in [2.24, 2.45) is 11.7 Å². The Labute approximate surface area is 81.5 Å². The highest BCUT2D eigenvalue weighted by Gasteiger charge is 2.27. The lowest BCUT2D eigenvalue weighted by Gasteiger charge is -2.13. The van der Waals surface area contributed by atoms with Crippen LogP contribution in [-0.2, 0) is 0 Å². The average molecular weight is 195 g/mol. The zero-order valence-electron chi connectivity index (χ0n) is 7.81. The Balaban J connectivity index is 2.00. The van der Waals surface area contributed by atoms with Crippen molar-refractivity contribution in [3.8, 4) is 0 Å². The third-order valence-electron chi connectivity index (χ3n) is 2.52. The number of aromatic nitrogens is 3. The second-order valence-electron chi connectivity index (χ2n) is 3.48. The van der Waals surface area contributed by atoms with Crippen LogP contribution in [0.3, 0.4) is 0 Å². The van der Waals surface area contributed by atoms with Gasteiger partial charge in [-0.15, -0.1) is 0 Å². The fourth-order valence-electron chi connectivity index (χ4n) is 1.67. The maximum absolute atomic E-state index is 11.7. The molecular weight excluding hydrogens is 182 g/mol. The third kappa shape index (κ3) is 1.60. The molecular formula is C8H13N5O. The van der Waals surface area contributed by atoms with E-state index < -0.39 is 0 Å². The first kappa shape index (κ1) is 9.14. The van der Waals surface area contributed by atoms with Gasteiger partial charge in [0, 0.05) is 13.1 Å². The Hall–Kier alpha value is -1.43. The summed E-state index contributed by atoms with van der Waals surface area (Å²) in [6.07, 6.45) is 2.32. The number of H-pyrrole nitrogens is 1. The molecule has 1 unspecified atom stereocenters. The van der Waals surface area contributed by atoms with Crippen molar-refractivity contribution >= 4 is 5.91 Å². The molecule has 1 aliphatic rings. The van der Waals surface area contributed by atoms with Gasteiger partial charge in [0.2, 0.25) is 5.82 Å². The average Bonchev–Trinajstić information content (AvgIpc) is 2.88. The molecule has 1 aliphatic heterocycles. The minimum atomic E-state index is -0.0848. The summed E-state index contributed by atoms with van der Waals surface area (Å²) in [6, 6.07) is 0. The molecule has 2 heterocycles. The lowest BCUT2D eigenvalue weighted by atomic mass is 10.1. The molecule has 6 heteroatoms. The van der Waals surface area contributed by atoms with E-state index in [9.17, 15) is 4.79 Å². The summed E-state index contributed by atoms with van der Waals surface area (Å²) in [6.45, 7) is 2.14. The van der Waals surface area contributed by atoms with Crippen LogP contribution in [0.4, 0.5) is 0 Å². The molecule has 76 valence electrons. The van der Waals surface area contributed by atoms with Gasteiger partial charge in [-0.2, -0.15) is 5.10 Å². The SMILES string of the molecule is NCC1CCN(C(=O)c2ncn[nH]2)C1. The summed E-state index contributed by atoms with van der Waals surface area (Å²) in [5, 5.41) is 6.21.